The minimum Gasteiger partial charge on any atom is -0.477 e. The second kappa shape index (κ2) is 4.92. The van der Waals surface area contributed by atoms with Crippen LogP contribution in [0, 0.1) is 0 Å². The fourth-order valence-corrected chi connectivity index (χ4v) is 2.93. The molecule has 0 atom stereocenters. The Bertz CT molecular complexity index is 1000. The molecule has 3 rings (SSSR count). The van der Waals surface area contributed by atoms with Crippen molar-refractivity contribution < 1.29 is 14.7 Å². The lowest BCUT2D eigenvalue weighted by Gasteiger charge is -2.16. The van der Waals surface area contributed by atoms with Crippen molar-refractivity contribution in [2.75, 3.05) is 11.9 Å². The van der Waals surface area contributed by atoms with Crippen molar-refractivity contribution in [1.29, 1.82) is 0 Å². The number of anilines is 1. The van der Waals surface area contributed by atoms with Gasteiger partial charge < -0.3 is 10.0 Å². The Morgan fingerprint density at radius 3 is 2.50 bits per heavy atom. The average molecular weight is 329 g/mol. The first kappa shape index (κ1) is 15.7. The van der Waals surface area contributed by atoms with E-state index in [0.29, 0.717) is 11.4 Å². The summed E-state index contributed by atoms with van der Waals surface area (Å²) in [7, 11) is 1.64. The van der Waals surface area contributed by atoms with Gasteiger partial charge in [-0.05, 0) is 31.5 Å². The minimum atomic E-state index is -1.43. The molecule has 1 aliphatic heterocycles. The maximum Gasteiger partial charge on any atom is 0.342 e. The molecule has 2 heterocycles. The topological polar surface area (TPSA) is 112 Å². The molecule has 0 spiro atoms. The van der Waals surface area contributed by atoms with E-state index in [2.05, 4.69) is 0 Å². The Hall–Kier alpha value is -3.16. The minimum absolute atomic E-state index is 0.0744. The molecule has 1 amide bonds. The van der Waals surface area contributed by atoms with Crippen LogP contribution < -0.4 is 16.1 Å². The summed E-state index contributed by atoms with van der Waals surface area (Å²) in [5.41, 5.74) is -1.12. The van der Waals surface area contributed by atoms with Gasteiger partial charge >= 0.3 is 11.7 Å². The number of carbonyl (C=O) groups excluding carboxylic acids is 1. The molecule has 0 saturated carbocycles. The van der Waals surface area contributed by atoms with E-state index in [1.165, 1.54) is 4.90 Å². The van der Waals surface area contributed by atoms with Crippen molar-refractivity contribution in [3.05, 3.63) is 56.4 Å². The Kier molecular flexibility index (Phi) is 3.22. The first-order valence-corrected chi connectivity index (χ1v) is 7.17. The molecule has 0 aliphatic carbocycles. The van der Waals surface area contributed by atoms with Crippen LogP contribution in [0.2, 0.25) is 0 Å². The lowest BCUT2D eigenvalue weighted by Crippen LogP contribution is -2.33. The summed E-state index contributed by atoms with van der Waals surface area (Å²) in [6, 6.07) is 4.95. The zero-order valence-electron chi connectivity index (χ0n) is 13.3. The molecule has 2 N–H and O–H groups in total. The number of nitrogens with zero attached hydrogens (tertiary/aromatic N) is 2. The second-order valence-corrected chi connectivity index (χ2v) is 6.17. The number of fused-ring (bicyclic) bond motifs is 1. The number of likely N-dealkylation sites (N-methyl/N-ethyl adjacent to an activating group) is 1. The van der Waals surface area contributed by atoms with Gasteiger partial charge in [-0.1, -0.05) is 6.07 Å². The van der Waals surface area contributed by atoms with E-state index in [0.717, 1.165) is 16.3 Å². The van der Waals surface area contributed by atoms with E-state index >= 15 is 0 Å². The number of aromatic amines is 1. The molecular weight excluding hydrogens is 314 g/mol. The molecule has 1 aliphatic rings. The number of carboxylic acids is 1. The molecule has 8 heteroatoms. The van der Waals surface area contributed by atoms with Crippen LogP contribution in [0.15, 0.2) is 34.0 Å². The number of carbonyl (C=O) groups is 2. The number of aromatic carboxylic acids is 1. The van der Waals surface area contributed by atoms with Gasteiger partial charge in [-0.3, -0.25) is 19.1 Å². The highest BCUT2D eigenvalue weighted by Crippen LogP contribution is 2.41. The van der Waals surface area contributed by atoms with Crippen molar-refractivity contribution in [2.45, 2.75) is 19.3 Å². The summed E-state index contributed by atoms with van der Waals surface area (Å²) in [5, 5.41) is 9.04. The van der Waals surface area contributed by atoms with E-state index in [1.54, 1.807) is 25.2 Å². The molecule has 1 aromatic heterocycles. The Morgan fingerprint density at radius 1 is 1.21 bits per heavy atom. The first-order valence-electron chi connectivity index (χ1n) is 7.17. The number of aromatic nitrogens is 2. The third-order valence-electron chi connectivity index (χ3n) is 4.31. The van der Waals surface area contributed by atoms with Crippen LogP contribution in [0.3, 0.4) is 0 Å². The summed E-state index contributed by atoms with van der Waals surface area (Å²) in [4.78, 5) is 50.4. The predicted molar refractivity (Wildman–Crippen MR) is 86.1 cm³/mol. The molecular formula is C16H15N3O5. The Balaban J connectivity index is 2.23. The summed E-state index contributed by atoms with van der Waals surface area (Å²) in [6.07, 6.45) is 0.979. The van der Waals surface area contributed by atoms with Crippen molar-refractivity contribution in [2.24, 2.45) is 0 Å². The Morgan fingerprint density at radius 2 is 1.88 bits per heavy atom. The maximum atomic E-state index is 12.3. The van der Waals surface area contributed by atoms with Gasteiger partial charge in [0.2, 0.25) is 5.91 Å². The Labute approximate surface area is 136 Å². The van der Waals surface area contributed by atoms with Crippen LogP contribution in [0.5, 0.6) is 0 Å². The summed E-state index contributed by atoms with van der Waals surface area (Å²) >= 11 is 0. The molecule has 0 radical (unpaired) electrons. The second-order valence-electron chi connectivity index (χ2n) is 6.17. The maximum absolute atomic E-state index is 12.3. The molecule has 1 aromatic carbocycles. The molecule has 0 bridgehead atoms. The lowest BCUT2D eigenvalue weighted by atomic mass is 9.86. The van der Waals surface area contributed by atoms with Crippen molar-refractivity contribution in [3.63, 3.8) is 0 Å². The van der Waals surface area contributed by atoms with Crippen LogP contribution in [-0.2, 0) is 10.2 Å². The summed E-state index contributed by atoms with van der Waals surface area (Å²) in [6.45, 7) is 3.62. The zero-order chi connectivity index (χ0) is 17.8. The molecule has 124 valence electrons. The number of rotatable bonds is 2. The predicted octanol–water partition coefficient (Wildman–Crippen LogP) is 0.478. The van der Waals surface area contributed by atoms with Gasteiger partial charge in [-0.15, -0.1) is 0 Å². The molecule has 0 unspecified atom stereocenters. The van der Waals surface area contributed by atoms with Crippen LogP contribution in [0.4, 0.5) is 5.69 Å². The van der Waals surface area contributed by atoms with Crippen LogP contribution in [-0.4, -0.2) is 33.6 Å². The average Bonchev–Trinajstić information content (AvgIpc) is 2.68. The fraction of sp³-hybridized carbons (Fsp3) is 0.250. The van der Waals surface area contributed by atoms with Crippen LogP contribution in [0.25, 0.3) is 5.69 Å². The number of H-pyrrole nitrogens is 1. The zero-order valence-corrected chi connectivity index (χ0v) is 13.3. The van der Waals surface area contributed by atoms with E-state index < -0.39 is 28.2 Å². The number of hydrogen-bond acceptors (Lipinski definition) is 4. The van der Waals surface area contributed by atoms with Crippen molar-refractivity contribution in [3.8, 4) is 5.69 Å². The first-order chi connectivity index (χ1) is 11.1. The van der Waals surface area contributed by atoms with E-state index in [-0.39, 0.29) is 5.91 Å². The van der Waals surface area contributed by atoms with Crippen molar-refractivity contribution >= 4 is 17.6 Å². The quantitative estimate of drug-likeness (QED) is 0.832. The smallest absolute Gasteiger partial charge is 0.342 e. The summed E-state index contributed by atoms with van der Waals surface area (Å²) < 4.78 is 1.04. The molecule has 0 fully saturated rings. The number of nitrogens with one attached hydrogen (secondary N) is 1. The van der Waals surface area contributed by atoms with Gasteiger partial charge in [0.25, 0.3) is 5.56 Å². The molecule has 24 heavy (non-hydrogen) atoms. The van der Waals surface area contributed by atoms with E-state index in [4.69, 9.17) is 5.11 Å². The monoisotopic (exact) mass is 329 g/mol. The SMILES string of the molecule is CN1C(=O)C(C)(C)c2ccc(-n3cc(C(=O)O)c(=O)[nH]c3=O)cc21. The van der Waals surface area contributed by atoms with Gasteiger partial charge in [0.15, 0.2) is 0 Å². The third-order valence-corrected chi connectivity index (χ3v) is 4.31. The fourth-order valence-electron chi connectivity index (χ4n) is 2.93. The van der Waals surface area contributed by atoms with Crippen LogP contribution in [0.1, 0.15) is 29.8 Å². The number of benzene rings is 1. The number of hydrogen-bond donors (Lipinski definition) is 2. The molecule has 0 saturated heterocycles. The van der Waals surface area contributed by atoms with Gasteiger partial charge in [0.1, 0.15) is 5.56 Å². The van der Waals surface area contributed by atoms with Gasteiger partial charge in [0, 0.05) is 18.9 Å². The third kappa shape index (κ3) is 2.07. The normalized spacial score (nSPS) is 15.5. The van der Waals surface area contributed by atoms with Gasteiger partial charge in [0.05, 0.1) is 11.1 Å². The number of carboxylic acid groups (broad SMARTS) is 1. The van der Waals surface area contributed by atoms with Gasteiger partial charge in [-0.2, -0.15) is 0 Å². The highest BCUT2D eigenvalue weighted by Gasteiger charge is 2.42. The highest BCUT2D eigenvalue weighted by atomic mass is 16.4. The van der Waals surface area contributed by atoms with Gasteiger partial charge in [-0.25, -0.2) is 9.59 Å². The largest absolute Gasteiger partial charge is 0.477 e. The number of amides is 1. The summed E-state index contributed by atoms with van der Waals surface area (Å²) in [5.74, 6) is -1.51. The van der Waals surface area contributed by atoms with E-state index in [1.807, 2.05) is 18.8 Å². The highest BCUT2D eigenvalue weighted by molar-refractivity contribution is 6.07. The lowest BCUT2D eigenvalue weighted by molar-refractivity contribution is -0.121. The standard InChI is InChI=1S/C16H15N3O5/c1-16(2)10-5-4-8(6-11(10)18(3)14(16)23)19-7-9(13(21)22)12(20)17-15(19)24/h4-7H,1-3H3,(H,21,22)(H,17,20,24). The molecule has 2 aromatic rings. The van der Waals surface area contributed by atoms with Crippen molar-refractivity contribution in [1.82, 2.24) is 9.55 Å². The van der Waals surface area contributed by atoms with E-state index in [9.17, 15) is 19.2 Å². The van der Waals surface area contributed by atoms with Crippen LogP contribution >= 0.6 is 0 Å². The molecule has 8 nitrogen and oxygen atoms in total.